The molecule has 0 N–H and O–H groups in total. The molecule has 0 aromatic heterocycles. The van der Waals surface area contributed by atoms with Crippen LogP contribution in [0.15, 0.2) is 182 Å². The van der Waals surface area contributed by atoms with Gasteiger partial charge in [-0.25, -0.2) is 42.1 Å². The van der Waals surface area contributed by atoms with E-state index in [0.29, 0.717) is 24.3 Å². The molecule has 0 heterocycles. The zero-order valence-corrected chi connectivity index (χ0v) is 34.4. The fourth-order valence-electron chi connectivity index (χ4n) is 5.16. The minimum Gasteiger partial charge on any atom is -0.219 e. The number of rotatable bonds is 10. The molecule has 284 valence electrons. The van der Waals surface area contributed by atoms with E-state index in [2.05, 4.69) is 0 Å². The molecule has 6 aromatic rings. The fourth-order valence-corrected chi connectivity index (χ4v) is 12.8. The molecule has 0 amide bonds. The number of halogens is 4. The summed E-state index contributed by atoms with van der Waals surface area (Å²) in [6.07, 6.45) is 0. The Balaban J connectivity index is 1.64. The van der Waals surface area contributed by atoms with Crippen LogP contribution in [0.1, 0.15) is 0 Å². The van der Waals surface area contributed by atoms with Crippen molar-refractivity contribution in [3.63, 3.8) is 0 Å². The van der Waals surface area contributed by atoms with Crippen molar-refractivity contribution in [1.29, 1.82) is 0 Å². The summed E-state index contributed by atoms with van der Waals surface area (Å²) in [6.45, 7) is 0. The summed E-state index contributed by atoms with van der Waals surface area (Å²) in [5.74, 6) is 0. The lowest BCUT2D eigenvalue weighted by atomic mass is 10.3. The van der Waals surface area contributed by atoms with Gasteiger partial charge >= 0.3 is 0 Å². The summed E-state index contributed by atoms with van der Waals surface area (Å²) in [4.78, 5) is -6.42. The van der Waals surface area contributed by atoms with Crippen molar-refractivity contribution in [3.8, 4) is 0 Å². The Kier molecular flexibility index (Phi) is 11.1. The topological polar surface area (TPSA) is 171 Å². The molecule has 0 aliphatic heterocycles. The average molecular weight is 917 g/mol. The monoisotopic (exact) mass is 914 g/mol. The van der Waals surface area contributed by atoms with Crippen molar-refractivity contribution in [2.75, 3.05) is 0 Å². The number of hydrogen-bond donors (Lipinski definition) is 0. The van der Waals surface area contributed by atoms with Gasteiger partial charge in [0.15, 0.2) is 0 Å². The Morgan fingerprint density at radius 3 is 0.491 bits per heavy atom. The van der Waals surface area contributed by atoms with Gasteiger partial charge in [0.25, 0.3) is 0 Å². The Labute approximate surface area is 337 Å². The van der Waals surface area contributed by atoms with Gasteiger partial charge in [0.2, 0.25) is 49.2 Å². The molecule has 0 unspecified atom stereocenters. The minimum absolute atomic E-state index is 0.180. The molecule has 0 spiro atoms. The van der Waals surface area contributed by atoms with Crippen LogP contribution in [0.25, 0.3) is 0 Å². The molecule has 0 saturated heterocycles. The van der Waals surface area contributed by atoms with Crippen LogP contribution in [0.2, 0.25) is 20.1 Å². The molecule has 10 nitrogen and oxygen atoms in total. The van der Waals surface area contributed by atoms with E-state index >= 15 is 0 Å². The van der Waals surface area contributed by atoms with Crippen molar-refractivity contribution in [2.45, 2.75) is 49.0 Å². The van der Waals surface area contributed by atoms with Crippen LogP contribution in [0, 0.1) is 0 Å². The second kappa shape index (κ2) is 15.0. The van der Waals surface area contributed by atoms with E-state index in [9.17, 15) is 42.1 Å². The highest BCUT2D eigenvalue weighted by Gasteiger charge is 2.32. The van der Waals surface area contributed by atoms with Gasteiger partial charge in [0.1, 0.15) is 0 Å². The maximum Gasteiger partial charge on any atom is 0.206 e. The van der Waals surface area contributed by atoms with E-state index < -0.39 is 78.6 Å². The highest BCUT2D eigenvalue weighted by atomic mass is 35.5. The lowest BCUT2D eigenvalue weighted by molar-refractivity contribution is 0.590. The molecule has 0 fully saturated rings. The van der Waals surface area contributed by atoms with E-state index in [1.807, 2.05) is 0 Å². The van der Waals surface area contributed by atoms with Crippen LogP contribution in [-0.4, -0.2) is 42.1 Å². The molecule has 0 bridgehead atoms. The van der Waals surface area contributed by atoms with Crippen molar-refractivity contribution in [1.82, 2.24) is 0 Å². The van der Waals surface area contributed by atoms with Gasteiger partial charge in [-0.2, -0.15) is 0 Å². The molecule has 6 rings (SSSR count). The molecular formula is C36H22Cl4O10S5. The highest BCUT2D eigenvalue weighted by Crippen LogP contribution is 2.36. The third kappa shape index (κ3) is 8.08. The molecule has 0 atom stereocenters. The fraction of sp³-hybridized carbons (Fsp3) is 0. The van der Waals surface area contributed by atoms with Crippen molar-refractivity contribution in [2.24, 2.45) is 0 Å². The van der Waals surface area contributed by atoms with Crippen LogP contribution in [-0.2, 0) is 49.2 Å². The van der Waals surface area contributed by atoms with Gasteiger partial charge in [-0.1, -0.05) is 46.4 Å². The van der Waals surface area contributed by atoms with E-state index in [0.717, 1.165) is 60.7 Å². The van der Waals surface area contributed by atoms with E-state index in [1.165, 1.54) is 48.5 Å². The summed E-state index contributed by atoms with van der Waals surface area (Å²) < 4.78 is 141. The van der Waals surface area contributed by atoms with Gasteiger partial charge in [-0.05, 0) is 133 Å². The molecular weight excluding hydrogens is 895 g/mol. The first-order chi connectivity index (χ1) is 25.6. The predicted molar refractivity (Wildman–Crippen MR) is 206 cm³/mol. The normalized spacial score (nSPS) is 12.7. The van der Waals surface area contributed by atoms with E-state index in [1.54, 1.807) is 0 Å². The van der Waals surface area contributed by atoms with Crippen LogP contribution >= 0.6 is 46.4 Å². The minimum atomic E-state index is -5.17. The van der Waals surface area contributed by atoms with Crippen LogP contribution < -0.4 is 0 Å². The SMILES string of the molecule is O=S(=O)(c1ccc(Cl)cc1)c1cc(S(=O)(=O)c2ccc(Cl)cc2)cc(S(=O)(=O)c2cc(S(=O)(=O)c3ccc(Cl)cc3)cc(S(=O)(=O)c3ccc(Cl)cc3)c2)c1. The van der Waals surface area contributed by atoms with Crippen LogP contribution in [0.3, 0.4) is 0 Å². The first kappa shape index (κ1) is 40.9. The molecule has 19 heteroatoms. The summed E-state index contributed by atoms with van der Waals surface area (Å²) in [6, 6.07) is 23.4. The van der Waals surface area contributed by atoms with Gasteiger partial charge in [-0.15, -0.1) is 0 Å². The molecule has 0 aliphatic carbocycles. The van der Waals surface area contributed by atoms with Crippen molar-refractivity contribution in [3.05, 3.63) is 154 Å². The first-order valence-electron chi connectivity index (χ1n) is 15.2. The Morgan fingerprint density at radius 2 is 0.345 bits per heavy atom. The zero-order valence-electron chi connectivity index (χ0n) is 27.3. The predicted octanol–water partition coefficient (Wildman–Crippen LogP) is 8.46. The average Bonchev–Trinajstić information content (AvgIpc) is 3.15. The largest absolute Gasteiger partial charge is 0.219 e. The lowest BCUT2D eigenvalue weighted by Gasteiger charge is -2.15. The van der Waals surface area contributed by atoms with Gasteiger partial charge in [0, 0.05) is 20.1 Å². The van der Waals surface area contributed by atoms with Gasteiger partial charge in [-0.3, -0.25) is 0 Å². The zero-order chi connectivity index (χ0) is 40.1. The van der Waals surface area contributed by atoms with E-state index in [4.69, 9.17) is 46.4 Å². The Hall–Kier alpha value is -3.77. The van der Waals surface area contributed by atoms with Gasteiger partial charge in [0.05, 0.1) is 49.0 Å². The Bertz CT molecular complexity index is 2660. The number of benzene rings is 6. The summed E-state index contributed by atoms with van der Waals surface area (Å²) in [5, 5.41) is 0.719. The summed E-state index contributed by atoms with van der Waals surface area (Å²) in [7, 11) is -23.8. The number of hydrogen-bond acceptors (Lipinski definition) is 10. The van der Waals surface area contributed by atoms with Gasteiger partial charge < -0.3 is 0 Å². The number of sulfone groups is 5. The second-order valence-electron chi connectivity index (χ2n) is 11.6. The summed E-state index contributed by atoms with van der Waals surface area (Å²) >= 11 is 23.8. The molecule has 55 heavy (non-hydrogen) atoms. The highest BCUT2D eigenvalue weighted by molar-refractivity contribution is 7.94. The molecule has 0 radical (unpaired) electrons. The maximum atomic E-state index is 14.6. The molecule has 6 aromatic carbocycles. The van der Waals surface area contributed by atoms with Crippen LogP contribution in [0.5, 0.6) is 0 Å². The first-order valence-corrected chi connectivity index (χ1v) is 24.1. The van der Waals surface area contributed by atoms with Crippen molar-refractivity contribution >= 4 is 95.6 Å². The molecule has 0 aliphatic rings. The third-order valence-corrected chi connectivity index (χ3v) is 17.8. The summed E-state index contributed by atoms with van der Waals surface area (Å²) in [5.41, 5.74) is 0. The van der Waals surface area contributed by atoms with E-state index in [-0.39, 0.29) is 39.7 Å². The Morgan fingerprint density at radius 1 is 0.218 bits per heavy atom. The second-order valence-corrected chi connectivity index (χ2v) is 23.1. The smallest absolute Gasteiger partial charge is 0.206 e. The quantitative estimate of drug-likeness (QED) is 0.130. The maximum absolute atomic E-state index is 14.6. The van der Waals surface area contributed by atoms with Crippen LogP contribution in [0.4, 0.5) is 0 Å². The van der Waals surface area contributed by atoms with Crippen molar-refractivity contribution < 1.29 is 42.1 Å². The molecule has 0 saturated carbocycles. The standard InChI is InChI=1S/C36H22Cl4O10S5/c37-23-1-9-27(10-2-23)51(41,42)31-17-32(52(43,44)28-11-3-24(38)4-12-28)20-35(19-31)55(49,50)36-21-33(53(45,46)29-13-5-25(39)6-14-29)18-34(22-36)54(47,48)30-15-7-26(40)8-16-30/h1-22H. The lowest BCUT2D eigenvalue weighted by Crippen LogP contribution is -2.12. The third-order valence-electron chi connectivity index (χ3n) is 8.06.